The van der Waals surface area contributed by atoms with Crippen LogP contribution in [0.4, 0.5) is 5.95 Å². The highest BCUT2D eigenvalue weighted by Gasteiger charge is 2.36. The van der Waals surface area contributed by atoms with Crippen molar-refractivity contribution < 1.29 is 9.47 Å². The van der Waals surface area contributed by atoms with Crippen LogP contribution in [0.3, 0.4) is 0 Å². The van der Waals surface area contributed by atoms with Gasteiger partial charge in [0.1, 0.15) is 5.82 Å². The van der Waals surface area contributed by atoms with Gasteiger partial charge in [-0.15, -0.1) is 0 Å². The van der Waals surface area contributed by atoms with Crippen molar-refractivity contribution in [3.63, 3.8) is 0 Å². The summed E-state index contributed by atoms with van der Waals surface area (Å²) in [5.74, 6) is 2.01. The van der Waals surface area contributed by atoms with Gasteiger partial charge in [0.2, 0.25) is 11.8 Å². The Hall–Kier alpha value is -1.67. The summed E-state index contributed by atoms with van der Waals surface area (Å²) in [6.45, 7) is 0.715. The smallest absolute Gasteiger partial charge is 0.232 e. The first-order chi connectivity index (χ1) is 10.2. The van der Waals surface area contributed by atoms with E-state index >= 15 is 0 Å². The Labute approximate surface area is 130 Å². The Kier molecular flexibility index (Phi) is 4.07. The van der Waals surface area contributed by atoms with E-state index in [0.29, 0.717) is 18.4 Å². The van der Waals surface area contributed by atoms with E-state index in [2.05, 4.69) is 40.8 Å². The molecule has 1 fully saturated rings. The average molecular weight is 354 g/mol. The molecule has 0 bridgehead atoms. The molecule has 21 heavy (non-hydrogen) atoms. The lowest BCUT2D eigenvalue weighted by atomic mass is 10.2. The molecule has 1 aliphatic rings. The van der Waals surface area contributed by atoms with Gasteiger partial charge in [0.15, 0.2) is 0 Å². The topological polar surface area (TPSA) is 76.2 Å². The van der Waals surface area contributed by atoms with Crippen LogP contribution in [0.5, 0.6) is 5.88 Å². The summed E-state index contributed by atoms with van der Waals surface area (Å²) in [6.07, 6.45) is 6.22. The van der Waals surface area contributed by atoms with Crippen LogP contribution in [0.1, 0.15) is 18.3 Å². The van der Waals surface area contributed by atoms with E-state index in [1.165, 1.54) is 0 Å². The third kappa shape index (κ3) is 2.73. The lowest BCUT2D eigenvalue weighted by Gasteiger charge is -2.23. The lowest BCUT2D eigenvalue weighted by molar-refractivity contribution is 0.118. The number of aromatic amines is 1. The second kappa shape index (κ2) is 5.98. The molecule has 8 heteroatoms. The van der Waals surface area contributed by atoms with E-state index < -0.39 is 0 Å². The van der Waals surface area contributed by atoms with Gasteiger partial charge in [0, 0.05) is 32.5 Å². The summed E-state index contributed by atoms with van der Waals surface area (Å²) in [6, 6.07) is 0.0656. The van der Waals surface area contributed by atoms with Crippen molar-refractivity contribution in [1.29, 1.82) is 0 Å². The predicted octanol–water partition coefficient (Wildman–Crippen LogP) is 1.94. The van der Waals surface area contributed by atoms with Crippen LogP contribution in [0.2, 0.25) is 0 Å². The minimum atomic E-state index is 0.0656. The third-order valence-electron chi connectivity index (χ3n) is 3.58. The molecule has 3 rings (SSSR count). The molecule has 2 aromatic rings. The minimum absolute atomic E-state index is 0.0656. The lowest BCUT2D eigenvalue weighted by Crippen LogP contribution is -2.27. The zero-order valence-corrected chi connectivity index (χ0v) is 13.4. The van der Waals surface area contributed by atoms with Crippen LogP contribution in [0.15, 0.2) is 23.1 Å². The number of imidazole rings is 1. The van der Waals surface area contributed by atoms with Crippen LogP contribution < -0.4 is 9.64 Å². The molecule has 0 spiro atoms. The van der Waals surface area contributed by atoms with Gasteiger partial charge in [-0.3, -0.25) is 0 Å². The van der Waals surface area contributed by atoms with Crippen molar-refractivity contribution in [2.24, 2.45) is 0 Å². The average Bonchev–Trinajstić information content (AvgIpc) is 3.16. The predicted molar refractivity (Wildman–Crippen MR) is 80.4 cm³/mol. The maximum atomic E-state index is 5.49. The number of methoxy groups -OCH3 is 2. The number of halogens is 1. The maximum Gasteiger partial charge on any atom is 0.232 e. The quantitative estimate of drug-likeness (QED) is 0.904. The first kappa shape index (κ1) is 14.3. The van der Waals surface area contributed by atoms with E-state index in [1.54, 1.807) is 26.6 Å². The largest absolute Gasteiger partial charge is 0.480 e. The number of aromatic nitrogens is 4. The molecule has 1 unspecified atom stereocenters. The van der Waals surface area contributed by atoms with Gasteiger partial charge >= 0.3 is 0 Å². The molecule has 0 radical (unpaired) electrons. The number of hydrogen-bond acceptors (Lipinski definition) is 6. The molecule has 0 aliphatic carbocycles. The van der Waals surface area contributed by atoms with E-state index in [-0.39, 0.29) is 12.1 Å². The van der Waals surface area contributed by atoms with Gasteiger partial charge < -0.3 is 19.4 Å². The number of nitrogens with zero attached hydrogens (tertiary/aromatic N) is 4. The van der Waals surface area contributed by atoms with Gasteiger partial charge in [-0.2, -0.15) is 4.98 Å². The SMILES string of the molecule is COc1nc(N2C[C@H](OC)CC2c2ncc[nH]2)ncc1Br. The molecule has 0 amide bonds. The van der Waals surface area contributed by atoms with Crippen molar-refractivity contribution in [3.8, 4) is 5.88 Å². The first-order valence-electron chi connectivity index (χ1n) is 6.58. The molecule has 3 heterocycles. The number of rotatable bonds is 4. The zero-order chi connectivity index (χ0) is 14.8. The number of nitrogens with one attached hydrogen (secondary N) is 1. The van der Waals surface area contributed by atoms with Gasteiger partial charge in [-0.25, -0.2) is 9.97 Å². The standard InChI is InChI=1S/C13H16BrN5O2/c1-20-8-5-10(11-15-3-4-16-11)19(7-8)13-17-6-9(14)12(18-13)21-2/h3-4,6,8,10H,5,7H2,1-2H3,(H,15,16)/t8-,10?/m1/s1. The molecular weight excluding hydrogens is 338 g/mol. The Bertz CT molecular complexity index is 607. The van der Waals surface area contributed by atoms with Gasteiger partial charge in [0.05, 0.1) is 29.9 Å². The van der Waals surface area contributed by atoms with E-state index in [1.807, 2.05) is 6.20 Å². The Morgan fingerprint density at radius 1 is 1.38 bits per heavy atom. The fourth-order valence-corrected chi connectivity index (χ4v) is 2.89. The highest BCUT2D eigenvalue weighted by Crippen LogP contribution is 2.35. The highest BCUT2D eigenvalue weighted by molar-refractivity contribution is 9.10. The van der Waals surface area contributed by atoms with Crippen molar-refractivity contribution in [3.05, 3.63) is 28.9 Å². The first-order valence-corrected chi connectivity index (χ1v) is 7.37. The molecule has 7 nitrogen and oxygen atoms in total. The number of H-pyrrole nitrogens is 1. The van der Waals surface area contributed by atoms with Crippen LogP contribution in [0.25, 0.3) is 0 Å². The van der Waals surface area contributed by atoms with E-state index in [9.17, 15) is 0 Å². The summed E-state index contributed by atoms with van der Waals surface area (Å²) < 4.78 is 11.5. The Balaban J connectivity index is 1.94. The maximum absolute atomic E-state index is 5.49. The Morgan fingerprint density at radius 2 is 2.24 bits per heavy atom. The molecule has 1 saturated heterocycles. The van der Waals surface area contributed by atoms with Gasteiger partial charge in [-0.05, 0) is 15.9 Å². The zero-order valence-electron chi connectivity index (χ0n) is 11.8. The molecule has 2 atom stereocenters. The fourth-order valence-electron chi connectivity index (χ4n) is 2.53. The summed E-state index contributed by atoms with van der Waals surface area (Å²) in [7, 11) is 3.30. The molecule has 1 aliphatic heterocycles. The number of anilines is 1. The summed E-state index contributed by atoms with van der Waals surface area (Å²) in [5.41, 5.74) is 0. The molecule has 112 valence electrons. The second-order valence-corrected chi connectivity index (χ2v) is 5.62. The van der Waals surface area contributed by atoms with Crippen LogP contribution in [-0.4, -0.2) is 46.8 Å². The third-order valence-corrected chi connectivity index (χ3v) is 4.12. The molecule has 0 aromatic carbocycles. The summed E-state index contributed by atoms with van der Waals surface area (Å²) >= 11 is 3.37. The summed E-state index contributed by atoms with van der Waals surface area (Å²) in [4.78, 5) is 18.4. The van der Waals surface area contributed by atoms with Crippen molar-refractivity contribution in [2.75, 3.05) is 25.7 Å². The van der Waals surface area contributed by atoms with E-state index in [0.717, 1.165) is 16.7 Å². The minimum Gasteiger partial charge on any atom is -0.480 e. The molecular formula is C13H16BrN5O2. The normalized spacial score (nSPS) is 21.8. The summed E-state index contributed by atoms with van der Waals surface area (Å²) in [5, 5.41) is 0. The monoisotopic (exact) mass is 353 g/mol. The van der Waals surface area contributed by atoms with Crippen molar-refractivity contribution in [1.82, 2.24) is 19.9 Å². The highest BCUT2D eigenvalue weighted by atomic mass is 79.9. The van der Waals surface area contributed by atoms with E-state index in [4.69, 9.17) is 9.47 Å². The van der Waals surface area contributed by atoms with Gasteiger partial charge in [-0.1, -0.05) is 0 Å². The van der Waals surface area contributed by atoms with Crippen LogP contribution in [-0.2, 0) is 4.74 Å². The molecule has 1 N–H and O–H groups in total. The van der Waals surface area contributed by atoms with Crippen LogP contribution >= 0.6 is 15.9 Å². The molecule has 0 saturated carbocycles. The number of hydrogen-bond donors (Lipinski definition) is 1. The second-order valence-electron chi connectivity index (χ2n) is 4.76. The molecule has 2 aromatic heterocycles. The van der Waals surface area contributed by atoms with Gasteiger partial charge in [0.25, 0.3) is 0 Å². The Morgan fingerprint density at radius 3 is 2.90 bits per heavy atom. The van der Waals surface area contributed by atoms with Crippen molar-refractivity contribution in [2.45, 2.75) is 18.6 Å². The van der Waals surface area contributed by atoms with Crippen molar-refractivity contribution >= 4 is 21.9 Å². The van der Waals surface area contributed by atoms with Crippen LogP contribution in [0, 0.1) is 0 Å². The number of ether oxygens (including phenoxy) is 2. The fraction of sp³-hybridized carbons (Fsp3) is 0.462.